The van der Waals surface area contributed by atoms with Gasteiger partial charge < -0.3 is 4.80 Å². The van der Waals surface area contributed by atoms with Crippen molar-refractivity contribution in [2.75, 3.05) is 0 Å². The number of hydrogen-bond acceptors (Lipinski definition) is 1. The van der Waals surface area contributed by atoms with Gasteiger partial charge in [-0.2, -0.15) is 13.2 Å². The first-order valence-corrected chi connectivity index (χ1v) is 6.43. The SMILES string of the molecule is C=C[Si](C)(O)CCCC(F)(F)F. The second-order valence-corrected chi connectivity index (χ2v) is 6.65. The first-order chi connectivity index (χ1) is 5.27. The summed E-state index contributed by atoms with van der Waals surface area (Å²) in [5.74, 6) is 0. The Bertz CT molecular complexity index is 153. The molecule has 0 saturated heterocycles. The van der Waals surface area contributed by atoms with Crippen LogP contribution in [0.5, 0.6) is 0 Å². The fourth-order valence-electron chi connectivity index (χ4n) is 0.749. The highest BCUT2D eigenvalue weighted by molar-refractivity contribution is 6.76. The monoisotopic (exact) mass is 198 g/mol. The van der Waals surface area contributed by atoms with Crippen LogP contribution in [0.4, 0.5) is 13.2 Å². The zero-order chi connectivity index (χ0) is 9.83. The Morgan fingerprint density at radius 2 is 2.00 bits per heavy atom. The van der Waals surface area contributed by atoms with Crippen molar-refractivity contribution in [2.45, 2.75) is 31.6 Å². The maximum atomic E-state index is 11.6. The number of rotatable bonds is 4. The molecule has 12 heavy (non-hydrogen) atoms. The highest BCUT2D eigenvalue weighted by atomic mass is 28.4. The topological polar surface area (TPSA) is 20.2 Å². The average molecular weight is 198 g/mol. The molecular weight excluding hydrogens is 185 g/mol. The van der Waals surface area contributed by atoms with Crippen LogP contribution in [-0.2, 0) is 0 Å². The summed E-state index contributed by atoms with van der Waals surface area (Å²) in [5.41, 5.74) is 1.39. The number of alkyl halides is 3. The largest absolute Gasteiger partial charge is 0.428 e. The summed E-state index contributed by atoms with van der Waals surface area (Å²) >= 11 is 0. The normalized spacial score (nSPS) is 17.1. The summed E-state index contributed by atoms with van der Waals surface area (Å²) in [5, 5.41) is 0. The van der Waals surface area contributed by atoms with E-state index in [9.17, 15) is 18.0 Å². The van der Waals surface area contributed by atoms with E-state index < -0.39 is 20.9 Å². The van der Waals surface area contributed by atoms with Gasteiger partial charge in [0.15, 0.2) is 0 Å². The molecule has 0 rings (SSSR count). The molecule has 0 spiro atoms. The van der Waals surface area contributed by atoms with Crippen LogP contribution in [0.25, 0.3) is 0 Å². The lowest BCUT2D eigenvalue weighted by molar-refractivity contribution is -0.134. The van der Waals surface area contributed by atoms with Crippen LogP contribution in [0.2, 0.25) is 12.6 Å². The fraction of sp³-hybridized carbons (Fsp3) is 0.714. The van der Waals surface area contributed by atoms with Crippen LogP contribution in [0, 0.1) is 0 Å². The summed E-state index contributed by atoms with van der Waals surface area (Å²) in [6.07, 6.45) is -4.93. The van der Waals surface area contributed by atoms with Crippen LogP contribution < -0.4 is 0 Å². The highest BCUT2D eigenvalue weighted by Gasteiger charge is 2.28. The Morgan fingerprint density at radius 3 is 2.33 bits per heavy atom. The first kappa shape index (κ1) is 11.7. The van der Waals surface area contributed by atoms with E-state index in [1.165, 1.54) is 5.70 Å². The Hall–Kier alpha value is -0.293. The minimum absolute atomic E-state index is 0.00522. The third kappa shape index (κ3) is 6.42. The Balaban J connectivity index is 3.64. The van der Waals surface area contributed by atoms with Crippen LogP contribution in [-0.4, -0.2) is 19.3 Å². The molecule has 5 heteroatoms. The quantitative estimate of drug-likeness (QED) is 0.688. The van der Waals surface area contributed by atoms with Gasteiger partial charge in [0, 0.05) is 6.42 Å². The van der Waals surface area contributed by atoms with E-state index in [0.717, 1.165) is 0 Å². The van der Waals surface area contributed by atoms with Crippen LogP contribution in [0.15, 0.2) is 12.3 Å². The van der Waals surface area contributed by atoms with Gasteiger partial charge in [0.25, 0.3) is 0 Å². The van der Waals surface area contributed by atoms with E-state index in [1.807, 2.05) is 0 Å². The molecular formula is C7H13F3OSi. The van der Waals surface area contributed by atoms with Crippen molar-refractivity contribution >= 4 is 8.32 Å². The van der Waals surface area contributed by atoms with E-state index >= 15 is 0 Å². The van der Waals surface area contributed by atoms with E-state index in [1.54, 1.807) is 6.55 Å². The summed E-state index contributed by atoms with van der Waals surface area (Å²) < 4.78 is 34.9. The molecule has 1 unspecified atom stereocenters. The lowest BCUT2D eigenvalue weighted by Crippen LogP contribution is -2.27. The van der Waals surface area contributed by atoms with Crippen molar-refractivity contribution in [1.29, 1.82) is 0 Å². The Labute approximate surface area is 71.0 Å². The summed E-state index contributed by atoms with van der Waals surface area (Å²) in [7, 11) is -2.51. The smallest absolute Gasteiger partial charge is 0.389 e. The molecule has 0 aliphatic carbocycles. The molecule has 1 N–H and O–H groups in total. The molecule has 0 aromatic carbocycles. The molecule has 1 atom stereocenters. The van der Waals surface area contributed by atoms with Crippen molar-refractivity contribution in [2.24, 2.45) is 0 Å². The fourth-order valence-corrected chi connectivity index (χ4v) is 1.85. The third-order valence-electron chi connectivity index (χ3n) is 1.58. The summed E-state index contributed by atoms with van der Waals surface area (Å²) in [6.45, 7) is 4.96. The minimum atomic E-state index is -4.11. The standard InChI is InChI=1S/C7H13F3OSi/c1-3-12(2,11)6-4-5-7(8,9)10/h3,11H,1,4-6H2,2H3. The zero-order valence-corrected chi connectivity index (χ0v) is 7.99. The highest BCUT2D eigenvalue weighted by Crippen LogP contribution is 2.24. The molecule has 1 nitrogen and oxygen atoms in total. The second kappa shape index (κ2) is 4.09. The number of halogens is 3. The van der Waals surface area contributed by atoms with Gasteiger partial charge in [0.1, 0.15) is 0 Å². The van der Waals surface area contributed by atoms with Gasteiger partial charge in [-0.3, -0.25) is 0 Å². The van der Waals surface area contributed by atoms with Crippen LogP contribution in [0.3, 0.4) is 0 Å². The van der Waals surface area contributed by atoms with Gasteiger partial charge in [0.05, 0.1) is 0 Å². The lowest BCUT2D eigenvalue weighted by atomic mass is 10.3. The van der Waals surface area contributed by atoms with Gasteiger partial charge in [0.2, 0.25) is 8.32 Å². The molecule has 0 aromatic heterocycles. The van der Waals surface area contributed by atoms with Crippen LogP contribution >= 0.6 is 0 Å². The van der Waals surface area contributed by atoms with Crippen molar-refractivity contribution in [1.82, 2.24) is 0 Å². The molecule has 0 aliphatic heterocycles. The Kier molecular flexibility index (Phi) is 3.99. The maximum Gasteiger partial charge on any atom is 0.389 e. The van der Waals surface area contributed by atoms with E-state index in [-0.39, 0.29) is 12.5 Å². The molecule has 0 amide bonds. The van der Waals surface area contributed by atoms with E-state index in [0.29, 0.717) is 0 Å². The first-order valence-electron chi connectivity index (χ1n) is 3.69. The molecule has 0 aliphatic rings. The molecule has 72 valence electrons. The predicted octanol–water partition coefficient (Wildman–Crippen LogP) is 2.62. The zero-order valence-electron chi connectivity index (χ0n) is 6.99. The summed E-state index contributed by atoms with van der Waals surface area (Å²) in [4.78, 5) is 9.37. The molecule has 0 heterocycles. The molecule has 0 radical (unpaired) electrons. The minimum Gasteiger partial charge on any atom is -0.428 e. The van der Waals surface area contributed by atoms with Gasteiger partial charge in [-0.15, -0.1) is 6.58 Å². The Morgan fingerprint density at radius 1 is 1.50 bits per heavy atom. The van der Waals surface area contributed by atoms with Crippen LogP contribution in [0.1, 0.15) is 12.8 Å². The lowest BCUT2D eigenvalue weighted by Gasteiger charge is -2.15. The molecule has 0 aromatic rings. The van der Waals surface area contributed by atoms with Crippen molar-refractivity contribution in [3.05, 3.63) is 12.3 Å². The average Bonchev–Trinajstić information content (AvgIpc) is 1.84. The maximum absolute atomic E-state index is 11.6. The van der Waals surface area contributed by atoms with Gasteiger partial charge in [-0.05, 0) is 19.0 Å². The van der Waals surface area contributed by atoms with E-state index in [4.69, 9.17) is 0 Å². The van der Waals surface area contributed by atoms with Gasteiger partial charge in [-0.25, -0.2) is 0 Å². The van der Waals surface area contributed by atoms with Gasteiger partial charge >= 0.3 is 6.18 Å². The second-order valence-electron chi connectivity index (χ2n) is 3.03. The van der Waals surface area contributed by atoms with Crippen molar-refractivity contribution in [3.8, 4) is 0 Å². The molecule has 0 saturated carbocycles. The summed E-state index contributed by atoms with van der Waals surface area (Å²) in [6, 6.07) is 0.232. The van der Waals surface area contributed by atoms with E-state index in [2.05, 4.69) is 6.58 Å². The van der Waals surface area contributed by atoms with Crippen molar-refractivity contribution in [3.63, 3.8) is 0 Å². The molecule has 0 bridgehead atoms. The van der Waals surface area contributed by atoms with Gasteiger partial charge in [-0.1, -0.05) is 5.70 Å². The predicted molar refractivity (Wildman–Crippen MR) is 44.1 cm³/mol. The van der Waals surface area contributed by atoms with Crippen molar-refractivity contribution < 1.29 is 18.0 Å². The number of hydrogen-bond donors (Lipinski definition) is 1. The molecule has 0 fully saturated rings. The third-order valence-corrected chi connectivity index (χ3v) is 3.83.